The molecule has 9 unspecified atom stereocenters. The second-order valence-corrected chi connectivity index (χ2v) is 26.4. The van der Waals surface area contributed by atoms with Gasteiger partial charge in [0.15, 0.2) is 6.29 Å². The molecule has 1 aliphatic rings. The van der Waals surface area contributed by atoms with Crippen LogP contribution in [-0.4, -0.2) is 110 Å². The van der Waals surface area contributed by atoms with E-state index in [-0.39, 0.29) is 12.8 Å². The van der Waals surface area contributed by atoms with Crippen LogP contribution in [0.15, 0.2) is 24.3 Å². The summed E-state index contributed by atoms with van der Waals surface area (Å²) in [6.07, 6.45) is 68.5. The van der Waals surface area contributed by atoms with Gasteiger partial charge in [0.2, 0.25) is 5.91 Å². The summed E-state index contributed by atoms with van der Waals surface area (Å²) in [6.45, 7) is 3.51. The third kappa shape index (κ3) is 50.0. The number of unbranched alkanes of at least 4 members (excludes halogenated alkanes) is 50. The lowest BCUT2D eigenvalue weighted by atomic mass is 9.98. The van der Waals surface area contributed by atoms with E-state index in [1.54, 1.807) is 0 Å². The number of ether oxygens (including phenoxy) is 2. The molecule has 1 rings (SSSR count). The predicted octanol–water partition coefficient (Wildman–Crippen LogP) is 18.4. The highest BCUT2D eigenvalue weighted by Crippen LogP contribution is 2.24. The van der Waals surface area contributed by atoms with Crippen LogP contribution in [0.4, 0.5) is 0 Å². The summed E-state index contributed by atoms with van der Waals surface area (Å²) in [4.78, 5) is 13.3. The van der Waals surface area contributed by atoms with Gasteiger partial charge in [-0.2, -0.15) is 0 Å². The van der Waals surface area contributed by atoms with Crippen molar-refractivity contribution in [2.75, 3.05) is 13.2 Å². The van der Waals surface area contributed by atoms with Gasteiger partial charge >= 0.3 is 0 Å². The van der Waals surface area contributed by atoms with Crippen LogP contribution in [-0.2, 0) is 14.3 Å². The number of allylic oxidation sites excluding steroid dienone is 4. The van der Waals surface area contributed by atoms with E-state index in [0.717, 1.165) is 38.5 Å². The largest absolute Gasteiger partial charge is 0.394 e. The summed E-state index contributed by atoms with van der Waals surface area (Å²) < 4.78 is 11.2. The van der Waals surface area contributed by atoms with Gasteiger partial charge in [0.05, 0.1) is 25.4 Å². The fraction of sp³-hybridized carbons (Fsp3) is 0.932. The van der Waals surface area contributed by atoms with E-state index in [2.05, 4.69) is 43.5 Å². The van der Waals surface area contributed by atoms with E-state index >= 15 is 0 Å². The Balaban J connectivity index is 2.18. The van der Waals surface area contributed by atoms with Crippen molar-refractivity contribution in [3.8, 4) is 0 Å². The van der Waals surface area contributed by atoms with Crippen LogP contribution >= 0.6 is 0 Å². The molecule has 9 atom stereocenters. The van der Waals surface area contributed by atoms with E-state index in [9.17, 15) is 40.5 Å². The number of hydrogen-bond donors (Lipinski definition) is 8. The number of aliphatic hydroxyl groups excluding tert-OH is 7. The summed E-state index contributed by atoms with van der Waals surface area (Å²) in [6, 6.07) is -1.19. The molecule has 0 bridgehead atoms. The average Bonchev–Trinajstić information content (AvgIpc) is 3.66. The number of hydrogen-bond acceptors (Lipinski definition) is 10. The zero-order chi connectivity index (χ0) is 61.7. The van der Waals surface area contributed by atoms with Crippen LogP contribution in [0.1, 0.15) is 373 Å². The summed E-state index contributed by atoms with van der Waals surface area (Å²) in [7, 11) is 0. The topological polar surface area (TPSA) is 189 Å². The van der Waals surface area contributed by atoms with Crippen LogP contribution in [0.2, 0.25) is 0 Å². The first-order valence-electron chi connectivity index (χ1n) is 37.2. The van der Waals surface area contributed by atoms with Crippen LogP contribution in [0, 0.1) is 0 Å². The first-order valence-corrected chi connectivity index (χ1v) is 37.2. The Labute approximate surface area is 524 Å². The molecule has 0 radical (unpaired) electrons. The van der Waals surface area contributed by atoms with Crippen molar-refractivity contribution in [2.45, 2.75) is 428 Å². The maximum absolute atomic E-state index is 13.3. The van der Waals surface area contributed by atoms with Crippen molar-refractivity contribution < 1.29 is 50.0 Å². The minimum Gasteiger partial charge on any atom is -0.394 e. The van der Waals surface area contributed by atoms with E-state index in [4.69, 9.17) is 9.47 Å². The van der Waals surface area contributed by atoms with Crippen molar-refractivity contribution in [1.29, 1.82) is 0 Å². The zero-order valence-corrected chi connectivity index (χ0v) is 55.9. The number of carbonyl (C=O) groups is 1. The second-order valence-electron chi connectivity index (χ2n) is 26.4. The number of nitrogens with one attached hydrogen (secondary N) is 1. The fourth-order valence-corrected chi connectivity index (χ4v) is 12.3. The quantitative estimate of drug-likeness (QED) is 0.0215. The molecule has 1 aliphatic heterocycles. The van der Waals surface area contributed by atoms with Gasteiger partial charge in [-0.25, -0.2) is 0 Å². The lowest BCUT2D eigenvalue weighted by Crippen LogP contribution is -2.60. The highest BCUT2D eigenvalue weighted by Gasteiger charge is 2.44. The van der Waals surface area contributed by atoms with Gasteiger partial charge < -0.3 is 50.5 Å². The van der Waals surface area contributed by atoms with Gasteiger partial charge in [-0.15, -0.1) is 0 Å². The lowest BCUT2D eigenvalue weighted by molar-refractivity contribution is -0.303. The number of carbonyl (C=O) groups excluding carboxylic acids is 1. The number of amides is 1. The maximum Gasteiger partial charge on any atom is 0.249 e. The highest BCUT2D eigenvalue weighted by molar-refractivity contribution is 5.80. The monoisotopic (exact) mass is 1210 g/mol. The smallest absolute Gasteiger partial charge is 0.249 e. The molecule has 11 heteroatoms. The van der Waals surface area contributed by atoms with Gasteiger partial charge in [0, 0.05) is 0 Å². The minimum absolute atomic E-state index is 0.255. The molecule has 1 amide bonds. The summed E-state index contributed by atoms with van der Waals surface area (Å²) >= 11 is 0. The van der Waals surface area contributed by atoms with Crippen LogP contribution < -0.4 is 5.32 Å². The normalized spacial score (nSPS) is 18.9. The third-order valence-electron chi connectivity index (χ3n) is 18.2. The standard InChI is InChI=1S/C74H143NO10/c1-3-5-7-9-11-13-15-17-19-21-23-25-27-29-31-32-33-34-35-36-38-39-41-43-45-47-49-51-53-55-57-59-61-66(77)69(79)65(64-84-74-72(82)71(81)70(80)68(63-76)85-74)75-73(83)67(78)62-60-58-56-54-52-50-48-46-44-42-40-37-30-28-26-24-22-20-18-16-14-12-10-8-6-4-2/h30,37,53,55,65-72,74,76-82H,3-29,31-36,38-52,54,56-64H2,1-2H3,(H,75,83)/b37-30-,55-53+. The first kappa shape index (κ1) is 81.6. The average molecular weight is 1210 g/mol. The molecular weight excluding hydrogens is 1060 g/mol. The van der Waals surface area contributed by atoms with Gasteiger partial charge in [-0.05, 0) is 64.2 Å². The minimum atomic E-state index is -1.67. The predicted molar refractivity (Wildman–Crippen MR) is 358 cm³/mol. The summed E-state index contributed by atoms with van der Waals surface area (Å²) in [5.74, 6) is -0.701. The molecule has 8 N–H and O–H groups in total. The van der Waals surface area contributed by atoms with Gasteiger partial charge in [0.1, 0.15) is 36.6 Å². The maximum atomic E-state index is 13.3. The van der Waals surface area contributed by atoms with Crippen molar-refractivity contribution in [3.05, 3.63) is 24.3 Å². The molecule has 1 fully saturated rings. The SMILES string of the molecule is CCCCCCCCCCCCCC/C=C\CCCCCCCCCCCCC(O)C(=O)NC(COC1OC(CO)C(O)C(O)C1O)C(O)C(O)CCC/C=C/CCCCCCCCCCCCCCCCCCCCCCCCCCCCC. The van der Waals surface area contributed by atoms with Gasteiger partial charge in [-0.1, -0.05) is 334 Å². The van der Waals surface area contributed by atoms with Gasteiger partial charge in [0.25, 0.3) is 0 Å². The molecule has 504 valence electrons. The van der Waals surface area contributed by atoms with Crippen molar-refractivity contribution in [2.24, 2.45) is 0 Å². The Morgan fingerprint density at radius 2 is 0.694 bits per heavy atom. The van der Waals surface area contributed by atoms with Crippen molar-refractivity contribution >= 4 is 5.91 Å². The van der Waals surface area contributed by atoms with E-state index in [0.29, 0.717) is 12.8 Å². The molecule has 1 saturated heterocycles. The Kier molecular flexibility index (Phi) is 60.3. The Morgan fingerprint density at radius 3 is 1.01 bits per heavy atom. The Bertz CT molecular complexity index is 1430. The number of rotatable bonds is 66. The van der Waals surface area contributed by atoms with E-state index < -0.39 is 74.2 Å². The molecule has 0 spiro atoms. The van der Waals surface area contributed by atoms with E-state index in [1.165, 1.54) is 295 Å². The first-order chi connectivity index (χ1) is 41.7. The molecule has 0 aromatic carbocycles. The Hall–Kier alpha value is -1.41. The Morgan fingerprint density at radius 1 is 0.400 bits per heavy atom. The van der Waals surface area contributed by atoms with Crippen LogP contribution in [0.3, 0.4) is 0 Å². The summed E-state index contributed by atoms with van der Waals surface area (Å²) in [5, 5.41) is 76.6. The fourth-order valence-electron chi connectivity index (χ4n) is 12.3. The van der Waals surface area contributed by atoms with Crippen molar-refractivity contribution in [1.82, 2.24) is 5.32 Å². The van der Waals surface area contributed by atoms with Crippen LogP contribution in [0.25, 0.3) is 0 Å². The van der Waals surface area contributed by atoms with Crippen molar-refractivity contribution in [3.63, 3.8) is 0 Å². The zero-order valence-electron chi connectivity index (χ0n) is 55.9. The summed E-state index contributed by atoms with van der Waals surface area (Å²) in [5.41, 5.74) is 0. The van der Waals surface area contributed by atoms with E-state index in [1.807, 2.05) is 0 Å². The molecule has 1 heterocycles. The second kappa shape index (κ2) is 62.8. The molecule has 11 nitrogen and oxygen atoms in total. The lowest BCUT2D eigenvalue weighted by Gasteiger charge is -2.40. The molecule has 0 aromatic rings. The molecule has 0 aliphatic carbocycles. The molecule has 0 aromatic heterocycles. The van der Waals surface area contributed by atoms with Crippen LogP contribution in [0.5, 0.6) is 0 Å². The highest BCUT2D eigenvalue weighted by atomic mass is 16.7. The molecule has 85 heavy (non-hydrogen) atoms. The van der Waals surface area contributed by atoms with Gasteiger partial charge in [-0.3, -0.25) is 4.79 Å². The third-order valence-corrected chi connectivity index (χ3v) is 18.2. The molecule has 0 saturated carbocycles. The molecular formula is C74H143NO10. The number of aliphatic hydroxyl groups is 7.